The maximum Gasteiger partial charge on any atom is 0.289 e. The minimum atomic E-state index is -3.94. The van der Waals surface area contributed by atoms with E-state index in [9.17, 15) is 18.5 Å². The van der Waals surface area contributed by atoms with Crippen LogP contribution in [0, 0.1) is 16.0 Å². The molecular weight excluding hydrogens is 511 g/mol. The number of anilines is 1. The van der Waals surface area contributed by atoms with E-state index in [1.165, 1.54) is 24.3 Å². The number of piperazine rings is 1. The van der Waals surface area contributed by atoms with Crippen molar-refractivity contribution in [3.8, 4) is 0 Å². The summed E-state index contributed by atoms with van der Waals surface area (Å²) in [6.07, 6.45) is 4.46. The molecule has 1 heterocycles. The van der Waals surface area contributed by atoms with Crippen LogP contribution in [0.1, 0.15) is 32.1 Å². The topological polar surface area (TPSA) is 95.8 Å². The van der Waals surface area contributed by atoms with Gasteiger partial charge in [0, 0.05) is 38.3 Å². The lowest BCUT2D eigenvalue weighted by Gasteiger charge is -2.37. The van der Waals surface area contributed by atoms with Gasteiger partial charge in [0.2, 0.25) is 10.0 Å². The van der Waals surface area contributed by atoms with Gasteiger partial charge in [-0.15, -0.1) is 0 Å². The van der Waals surface area contributed by atoms with Crippen molar-refractivity contribution in [1.29, 1.82) is 0 Å². The van der Waals surface area contributed by atoms with Crippen molar-refractivity contribution in [2.75, 3.05) is 37.6 Å². The highest BCUT2D eigenvalue weighted by atomic mass is 35.5. The number of sulfonamides is 1. The fourth-order valence-electron chi connectivity index (χ4n) is 5.00. The molecule has 0 aromatic heterocycles. The third-order valence-electron chi connectivity index (χ3n) is 7.02. The van der Waals surface area contributed by atoms with Crippen LogP contribution in [0.25, 0.3) is 0 Å². The van der Waals surface area contributed by atoms with Crippen LogP contribution in [0.5, 0.6) is 0 Å². The van der Waals surface area contributed by atoms with E-state index in [1.807, 2.05) is 12.1 Å². The summed E-state index contributed by atoms with van der Waals surface area (Å²) < 4.78 is 28.2. The second kappa shape index (κ2) is 11.4. The molecule has 2 aliphatic rings. The quantitative estimate of drug-likeness (QED) is 0.375. The number of para-hydroxylation sites is 1. The van der Waals surface area contributed by atoms with Crippen molar-refractivity contribution < 1.29 is 13.3 Å². The number of nitro benzene ring substituents is 1. The molecule has 0 atom stereocenters. The van der Waals surface area contributed by atoms with E-state index in [0.29, 0.717) is 16.0 Å². The first-order chi connectivity index (χ1) is 16.7. The third-order valence-corrected chi connectivity index (χ3v) is 9.39. The molecule has 11 heteroatoms. The minimum absolute atomic E-state index is 0.193. The molecule has 4 rings (SSSR count). The van der Waals surface area contributed by atoms with E-state index in [4.69, 9.17) is 23.2 Å². The Kier molecular flexibility index (Phi) is 8.54. The number of nitrogens with one attached hydrogen (secondary N) is 1. The third kappa shape index (κ3) is 6.46. The molecule has 2 aromatic rings. The molecule has 2 fully saturated rings. The highest BCUT2D eigenvalue weighted by Gasteiger charge is 2.30. The SMILES string of the molecule is O=[N+]([O-])c1ccccc1S(=O)(=O)NC1CCC(CCN2CCN(c3cccc(Cl)c3Cl)CC2)CC1. The fourth-order valence-corrected chi connectivity index (χ4v) is 6.89. The van der Waals surface area contributed by atoms with Crippen LogP contribution in [0.4, 0.5) is 11.4 Å². The molecule has 1 saturated carbocycles. The molecule has 0 bridgehead atoms. The van der Waals surface area contributed by atoms with Crippen molar-refractivity contribution in [1.82, 2.24) is 9.62 Å². The Balaban J connectivity index is 1.21. The van der Waals surface area contributed by atoms with Gasteiger partial charge in [-0.3, -0.25) is 15.0 Å². The lowest BCUT2D eigenvalue weighted by atomic mass is 9.84. The monoisotopic (exact) mass is 540 g/mol. The molecule has 0 spiro atoms. The number of hydrogen-bond donors (Lipinski definition) is 1. The molecule has 2 aromatic carbocycles. The Bertz CT molecular complexity index is 1150. The van der Waals surface area contributed by atoms with Crippen LogP contribution in [-0.2, 0) is 10.0 Å². The van der Waals surface area contributed by atoms with E-state index >= 15 is 0 Å². The smallest absolute Gasteiger partial charge is 0.289 e. The first kappa shape index (κ1) is 26.2. The van der Waals surface area contributed by atoms with Gasteiger partial charge >= 0.3 is 0 Å². The molecule has 1 aliphatic heterocycles. The van der Waals surface area contributed by atoms with Gasteiger partial charge in [-0.25, -0.2) is 13.1 Å². The highest BCUT2D eigenvalue weighted by molar-refractivity contribution is 7.89. The minimum Gasteiger partial charge on any atom is -0.368 e. The molecule has 190 valence electrons. The van der Waals surface area contributed by atoms with E-state index < -0.39 is 20.6 Å². The molecule has 1 saturated heterocycles. The van der Waals surface area contributed by atoms with Crippen LogP contribution in [0.2, 0.25) is 10.0 Å². The molecule has 35 heavy (non-hydrogen) atoms. The molecule has 0 amide bonds. The zero-order valence-electron chi connectivity index (χ0n) is 19.4. The Morgan fingerprint density at radius 1 is 0.971 bits per heavy atom. The fraction of sp³-hybridized carbons (Fsp3) is 0.500. The highest BCUT2D eigenvalue weighted by Crippen LogP contribution is 2.33. The van der Waals surface area contributed by atoms with E-state index in [-0.39, 0.29) is 10.9 Å². The van der Waals surface area contributed by atoms with Gasteiger partial charge < -0.3 is 4.90 Å². The Hall–Kier alpha value is -1.91. The van der Waals surface area contributed by atoms with Gasteiger partial charge in [0.25, 0.3) is 5.69 Å². The lowest BCUT2D eigenvalue weighted by molar-refractivity contribution is -0.387. The second-order valence-corrected chi connectivity index (χ2v) is 11.7. The first-order valence-electron chi connectivity index (χ1n) is 11.9. The maximum absolute atomic E-state index is 12.8. The molecular formula is C24H30Cl2N4O4S. The summed E-state index contributed by atoms with van der Waals surface area (Å²) in [6, 6.07) is 11.0. The van der Waals surface area contributed by atoms with Gasteiger partial charge in [0.05, 0.1) is 20.7 Å². The number of halogens is 2. The summed E-state index contributed by atoms with van der Waals surface area (Å²) in [5.74, 6) is 0.558. The average Bonchev–Trinajstić information content (AvgIpc) is 2.85. The Morgan fingerprint density at radius 3 is 2.34 bits per heavy atom. The molecule has 0 radical (unpaired) electrons. The summed E-state index contributed by atoms with van der Waals surface area (Å²) in [5.41, 5.74) is 0.590. The van der Waals surface area contributed by atoms with E-state index in [0.717, 1.165) is 70.5 Å². The molecule has 1 N–H and O–H groups in total. The standard InChI is InChI=1S/C24H30Cl2N4O4S/c25-20-4-3-6-22(24(20)26)29-16-14-28(15-17-29)13-12-18-8-10-19(11-9-18)27-35(33,34)23-7-2-1-5-21(23)30(31)32/h1-7,18-19,27H,8-17H2. The van der Waals surface area contributed by atoms with Gasteiger partial charge in [-0.05, 0) is 62.8 Å². The predicted molar refractivity (Wildman–Crippen MR) is 139 cm³/mol. The largest absolute Gasteiger partial charge is 0.368 e. The zero-order chi connectivity index (χ0) is 25.0. The van der Waals surface area contributed by atoms with Crippen molar-refractivity contribution in [2.45, 2.75) is 43.0 Å². The number of hydrogen-bond acceptors (Lipinski definition) is 6. The summed E-state index contributed by atoms with van der Waals surface area (Å²) >= 11 is 12.5. The number of nitro groups is 1. The summed E-state index contributed by atoms with van der Waals surface area (Å²) in [5, 5.41) is 12.4. The number of nitrogens with zero attached hydrogens (tertiary/aromatic N) is 3. The molecule has 0 unspecified atom stereocenters. The summed E-state index contributed by atoms with van der Waals surface area (Å²) in [7, 11) is -3.94. The van der Waals surface area contributed by atoms with Crippen molar-refractivity contribution >= 4 is 44.6 Å². The van der Waals surface area contributed by atoms with Gasteiger partial charge in [0.15, 0.2) is 4.90 Å². The second-order valence-electron chi connectivity index (χ2n) is 9.25. The summed E-state index contributed by atoms with van der Waals surface area (Å²) in [6.45, 7) is 4.76. The number of benzene rings is 2. The van der Waals surface area contributed by atoms with Gasteiger partial charge in [-0.2, -0.15) is 0 Å². The van der Waals surface area contributed by atoms with Crippen molar-refractivity contribution in [3.05, 3.63) is 62.6 Å². The Labute approximate surface area is 216 Å². The van der Waals surface area contributed by atoms with Crippen molar-refractivity contribution in [2.24, 2.45) is 5.92 Å². The molecule has 8 nitrogen and oxygen atoms in total. The van der Waals surface area contributed by atoms with Crippen LogP contribution in [0.15, 0.2) is 47.4 Å². The van der Waals surface area contributed by atoms with Gasteiger partial charge in [0.1, 0.15) is 0 Å². The number of rotatable bonds is 8. The average molecular weight is 542 g/mol. The van der Waals surface area contributed by atoms with Crippen molar-refractivity contribution in [3.63, 3.8) is 0 Å². The van der Waals surface area contributed by atoms with E-state index in [1.54, 1.807) is 6.07 Å². The first-order valence-corrected chi connectivity index (χ1v) is 14.2. The van der Waals surface area contributed by atoms with Gasteiger partial charge in [-0.1, -0.05) is 41.4 Å². The van der Waals surface area contributed by atoms with Crippen LogP contribution in [0.3, 0.4) is 0 Å². The van der Waals surface area contributed by atoms with Crippen LogP contribution >= 0.6 is 23.2 Å². The molecule has 1 aliphatic carbocycles. The summed E-state index contributed by atoms with van der Waals surface area (Å²) in [4.78, 5) is 15.0. The Morgan fingerprint density at radius 2 is 1.66 bits per heavy atom. The normalized spacial score (nSPS) is 21.7. The van der Waals surface area contributed by atoms with Crippen LogP contribution < -0.4 is 9.62 Å². The van der Waals surface area contributed by atoms with E-state index in [2.05, 4.69) is 14.5 Å². The maximum atomic E-state index is 12.8. The zero-order valence-corrected chi connectivity index (χ0v) is 21.7. The van der Waals surface area contributed by atoms with Crippen LogP contribution in [-0.4, -0.2) is 57.0 Å². The lowest BCUT2D eigenvalue weighted by Crippen LogP contribution is -2.47. The predicted octanol–water partition coefficient (Wildman–Crippen LogP) is 4.95.